The molecule has 1 aromatic heterocycles. The summed E-state index contributed by atoms with van der Waals surface area (Å²) in [7, 11) is 2.10. The molecule has 2 aromatic carbocycles. The van der Waals surface area contributed by atoms with E-state index in [9.17, 15) is 4.79 Å². The molecule has 4 rings (SSSR count). The Balaban J connectivity index is 1.53. The minimum absolute atomic E-state index is 0.0629. The summed E-state index contributed by atoms with van der Waals surface area (Å²) >= 11 is 3.56. The fourth-order valence-electron chi connectivity index (χ4n) is 3.73. The van der Waals surface area contributed by atoms with E-state index in [1.54, 1.807) is 11.3 Å². The highest BCUT2D eigenvalue weighted by atomic mass is 32.2. The number of ether oxygens (including phenoxy) is 1. The van der Waals surface area contributed by atoms with Crippen molar-refractivity contribution in [2.75, 3.05) is 38.2 Å². The van der Waals surface area contributed by atoms with Gasteiger partial charge in [0.15, 0.2) is 6.61 Å². The third kappa shape index (κ3) is 5.71. The molecular weight excluding hydrogens is 438 g/mol. The zero-order valence-electron chi connectivity index (χ0n) is 18.6. The van der Waals surface area contributed by atoms with E-state index in [1.807, 2.05) is 52.5 Å². The molecule has 168 valence electrons. The zero-order chi connectivity index (χ0) is 22.3. The number of hydrogen-bond donors (Lipinski definition) is 0. The molecule has 0 aliphatic carbocycles. The summed E-state index contributed by atoms with van der Waals surface area (Å²) in [5.74, 6) is 2.83. The van der Waals surface area contributed by atoms with Gasteiger partial charge in [-0.25, -0.2) is 4.98 Å². The second-order valence-corrected chi connectivity index (χ2v) is 10.1. The minimum Gasteiger partial charge on any atom is -0.483 e. The van der Waals surface area contributed by atoms with E-state index in [4.69, 9.17) is 4.74 Å². The minimum atomic E-state index is 0.0629. The largest absolute Gasteiger partial charge is 0.483 e. The molecule has 2 heterocycles. The smallest absolute Gasteiger partial charge is 0.260 e. The molecule has 0 spiro atoms. The van der Waals surface area contributed by atoms with Crippen LogP contribution in [0.15, 0.2) is 60.1 Å². The van der Waals surface area contributed by atoms with E-state index in [2.05, 4.69) is 48.1 Å². The molecule has 32 heavy (non-hydrogen) atoms. The molecule has 1 fully saturated rings. The zero-order valence-corrected chi connectivity index (χ0v) is 20.2. The van der Waals surface area contributed by atoms with Crippen LogP contribution in [0.2, 0.25) is 0 Å². The van der Waals surface area contributed by atoms with Gasteiger partial charge in [-0.05, 0) is 37.2 Å². The standard InChI is InChI=1S/C25H29N3O2S2/c1-19(25-26-10-13-32-25)27(2)17-22-16-21(20-6-4-3-5-7-20)8-9-23(22)30-18-24(29)28-11-14-31-15-12-28/h3-10,13,16,19H,11-12,14-15,17-18H2,1-2H3/t19-/m0/s1. The molecule has 0 N–H and O–H groups in total. The molecule has 1 aliphatic rings. The molecule has 1 atom stereocenters. The van der Waals surface area contributed by atoms with Crippen molar-refractivity contribution in [2.24, 2.45) is 0 Å². The van der Waals surface area contributed by atoms with Gasteiger partial charge in [0.2, 0.25) is 0 Å². The van der Waals surface area contributed by atoms with Gasteiger partial charge >= 0.3 is 0 Å². The van der Waals surface area contributed by atoms with Crippen molar-refractivity contribution in [3.05, 3.63) is 70.7 Å². The van der Waals surface area contributed by atoms with Crippen LogP contribution in [0.1, 0.15) is 23.5 Å². The number of rotatable bonds is 8. The molecule has 0 unspecified atom stereocenters. The maximum atomic E-state index is 12.6. The first-order valence-electron chi connectivity index (χ1n) is 10.9. The summed E-state index contributed by atoms with van der Waals surface area (Å²) in [5, 5.41) is 3.10. The highest BCUT2D eigenvalue weighted by Crippen LogP contribution is 2.30. The summed E-state index contributed by atoms with van der Waals surface area (Å²) < 4.78 is 6.08. The number of thioether (sulfide) groups is 1. The van der Waals surface area contributed by atoms with Crippen molar-refractivity contribution in [3.8, 4) is 16.9 Å². The lowest BCUT2D eigenvalue weighted by Gasteiger charge is -2.27. The first-order chi connectivity index (χ1) is 15.6. The fraction of sp³-hybridized carbons (Fsp3) is 0.360. The van der Waals surface area contributed by atoms with Crippen LogP contribution < -0.4 is 4.74 Å². The van der Waals surface area contributed by atoms with Crippen LogP contribution >= 0.6 is 23.1 Å². The predicted molar refractivity (Wildman–Crippen MR) is 133 cm³/mol. The van der Waals surface area contributed by atoms with Gasteiger partial charge in [-0.3, -0.25) is 9.69 Å². The highest BCUT2D eigenvalue weighted by Gasteiger charge is 2.20. The predicted octanol–water partition coefficient (Wildman–Crippen LogP) is 4.96. The number of carbonyl (C=O) groups excluding carboxylic acids is 1. The summed E-state index contributed by atoms with van der Waals surface area (Å²) in [6.45, 7) is 4.55. The first kappa shape index (κ1) is 22.8. The van der Waals surface area contributed by atoms with E-state index in [0.29, 0.717) is 6.54 Å². The van der Waals surface area contributed by atoms with Crippen molar-refractivity contribution in [1.82, 2.24) is 14.8 Å². The maximum absolute atomic E-state index is 12.6. The van der Waals surface area contributed by atoms with Crippen molar-refractivity contribution >= 4 is 29.0 Å². The Bertz CT molecular complexity index is 1010. The molecule has 1 aliphatic heterocycles. The van der Waals surface area contributed by atoms with Gasteiger partial charge in [-0.1, -0.05) is 36.4 Å². The molecule has 0 radical (unpaired) electrons. The van der Waals surface area contributed by atoms with Crippen LogP contribution in [0.3, 0.4) is 0 Å². The third-order valence-electron chi connectivity index (χ3n) is 5.77. The molecule has 1 amide bonds. The molecule has 0 bridgehead atoms. The first-order valence-corrected chi connectivity index (χ1v) is 12.9. The summed E-state index contributed by atoms with van der Waals surface area (Å²) in [4.78, 5) is 21.3. The summed E-state index contributed by atoms with van der Waals surface area (Å²) in [6.07, 6.45) is 1.85. The summed E-state index contributed by atoms with van der Waals surface area (Å²) in [6, 6.07) is 16.8. The number of thiazole rings is 1. The van der Waals surface area contributed by atoms with Gasteiger partial charge < -0.3 is 9.64 Å². The van der Waals surface area contributed by atoms with Gasteiger partial charge in [0, 0.05) is 48.3 Å². The van der Waals surface area contributed by atoms with Crippen molar-refractivity contribution < 1.29 is 9.53 Å². The number of hydrogen-bond acceptors (Lipinski definition) is 6. The van der Waals surface area contributed by atoms with Crippen LogP contribution in [0.25, 0.3) is 11.1 Å². The van der Waals surface area contributed by atoms with Crippen molar-refractivity contribution in [3.63, 3.8) is 0 Å². The topological polar surface area (TPSA) is 45.7 Å². The van der Waals surface area contributed by atoms with Crippen LogP contribution in [0.5, 0.6) is 5.75 Å². The number of aromatic nitrogens is 1. The van der Waals surface area contributed by atoms with Crippen molar-refractivity contribution in [1.29, 1.82) is 0 Å². The SMILES string of the molecule is C[C@@H](c1nccs1)N(C)Cc1cc(-c2ccccc2)ccc1OCC(=O)N1CCSCC1. The maximum Gasteiger partial charge on any atom is 0.260 e. The monoisotopic (exact) mass is 467 g/mol. The average Bonchev–Trinajstić information content (AvgIpc) is 3.38. The number of benzene rings is 2. The second kappa shape index (κ2) is 11.0. The third-order valence-corrected chi connectivity index (χ3v) is 7.66. The normalized spacial score (nSPS) is 15.0. The Morgan fingerprint density at radius 3 is 2.66 bits per heavy atom. The molecule has 7 heteroatoms. The Hall–Kier alpha value is -2.35. The van der Waals surface area contributed by atoms with E-state index in [0.717, 1.165) is 52.0 Å². The van der Waals surface area contributed by atoms with Gasteiger partial charge in [-0.15, -0.1) is 11.3 Å². The Morgan fingerprint density at radius 1 is 1.16 bits per heavy atom. The lowest BCUT2D eigenvalue weighted by atomic mass is 10.0. The van der Waals surface area contributed by atoms with Crippen LogP contribution in [-0.2, 0) is 11.3 Å². The Labute approximate surface area is 198 Å². The molecule has 3 aromatic rings. The van der Waals surface area contributed by atoms with Gasteiger partial charge in [0.25, 0.3) is 5.91 Å². The Kier molecular flexibility index (Phi) is 7.84. The fourth-order valence-corrected chi connectivity index (χ4v) is 5.40. The van der Waals surface area contributed by atoms with E-state index >= 15 is 0 Å². The second-order valence-electron chi connectivity index (χ2n) is 7.93. The van der Waals surface area contributed by atoms with E-state index in [-0.39, 0.29) is 18.6 Å². The van der Waals surface area contributed by atoms with Gasteiger partial charge in [-0.2, -0.15) is 11.8 Å². The lowest BCUT2D eigenvalue weighted by molar-refractivity contribution is -0.133. The molecule has 0 saturated carbocycles. The number of carbonyl (C=O) groups is 1. The van der Waals surface area contributed by atoms with Crippen LogP contribution in [0.4, 0.5) is 0 Å². The molecular formula is C25H29N3O2S2. The van der Waals surface area contributed by atoms with Crippen LogP contribution in [0, 0.1) is 0 Å². The average molecular weight is 468 g/mol. The van der Waals surface area contributed by atoms with Gasteiger partial charge in [0.05, 0.1) is 6.04 Å². The number of nitrogens with zero attached hydrogens (tertiary/aromatic N) is 3. The van der Waals surface area contributed by atoms with Gasteiger partial charge in [0.1, 0.15) is 10.8 Å². The van der Waals surface area contributed by atoms with Crippen molar-refractivity contribution in [2.45, 2.75) is 19.5 Å². The number of amides is 1. The Morgan fingerprint density at radius 2 is 1.94 bits per heavy atom. The summed E-state index contributed by atoms with van der Waals surface area (Å²) in [5.41, 5.74) is 3.37. The van der Waals surface area contributed by atoms with E-state index in [1.165, 1.54) is 0 Å². The molecule has 5 nitrogen and oxygen atoms in total. The lowest BCUT2D eigenvalue weighted by Crippen LogP contribution is -2.40. The van der Waals surface area contributed by atoms with E-state index < -0.39 is 0 Å². The quantitative estimate of drug-likeness (QED) is 0.469. The highest BCUT2D eigenvalue weighted by molar-refractivity contribution is 7.99. The van der Waals surface area contributed by atoms with Crippen LogP contribution in [-0.4, -0.2) is 58.9 Å². The molecule has 1 saturated heterocycles.